The van der Waals surface area contributed by atoms with E-state index in [0.29, 0.717) is 16.7 Å². The Morgan fingerprint density at radius 3 is 2.11 bits per heavy atom. The molecule has 0 bridgehead atoms. The fraction of sp³-hybridized carbons (Fsp3) is 0.300. The van der Waals surface area contributed by atoms with Gasteiger partial charge in [-0.05, 0) is 54.3 Å². The van der Waals surface area contributed by atoms with Gasteiger partial charge in [0.25, 0.3) is 0 Å². The van der Waals surface area contributed by atoms with Crippen molar-refractivity contribution < 1.29 is 19.1 Å². The fourth-order valence-corrected chi connectivity index (χ4v) is 5.78. The maximum absolute atomic E-state index is 14.0. The van der Waals surface area contributed by atoms with Crippen molar-refractivity contribution in [1.29, 1.82) is 10.5 Å². The van der Waals surface area contributed by atoms with Gasteiger partial charge >= 0.3 is 11.9 Å². The Bertz CT molecular complexity index is 1490. The van der Waals surface area contributed by atoms with Crippen LogP contribution in [0.3, 0.4) is 0 Å². The van der Waals surface area contributed by atoms with Gasteiger partial charge in [0.15, 0.2) is 5.41 Å². The van der Waals surface area contributed by atoms with Crippen LogP contribution in [0.25, 0.3) is 10.8 Å². The zero-order chi connectivity index (χ0) is 26.9. The highest BCUT2D eigenvalue weighted by Gasteiger charge is 2.69. The summed E-state index contributed by atoms with van der Waals surface area (Å²) in [6, 6.07) is 23.8. The first-order valence-corrected chi connectivity index (χ1v) is 12.5. The van der Waals surface area contributed by atoms with Crippen molar-refractivity contribution in [1.82, 2.24) is 5.01 Å². The highest BCUT2D eigenvalue weighted by atomic mass is 16.6. The second-order valence-corrected chi connectivity index (χ2v) is 9.39. The summed E-state index contributed by atoms with van der Waals surface area (Å²) in [6.07, 6.45) is 1.41. The van der Waals surface area contributed by atoms with E-state index in [2.05, 4.69) is 17.2 Å². The molecule has 0 spiro atoms. The van der Waals surface area contributed by atoms with Crippen LogP contribution < -0.4 is 0 Å². The second kappa shape index (κ2) is 9.64. The van der Waals surface area contributed by atoms with Crippen molar-refractivity contribution in [3.05, 3.63) is 83.4 Å². The van der Waals surface area contributed by atoms with Crippen molar-refractivity contribution in [3.63, 3.8) is 0 Å². The van der Waals surface area contributed by atoms with Crippen LogP contribution >= 0.6 is 0 Å². The van der Waals surface area contributed by atoms with Crippen molar-refractivity contribution in [2.75, 3.05) is 13.2 Å². The van der Waals surface area contributed by atoms with E-state index in [4.69, 9.17) is 9.47 Å². The van der Waals surface area contributed by atoms with Gasteiger partial charge in [-0.3, -0.25) is 14.6 Å². The minimum absolute atomic E-state index is 0.0399. The average Bonchev–Trinajstić information content (AvgIpc) is 2.95. The molecule has 0 unspecified atom stereocenters. The van der Waals surface area contributed by atoms with Crippen LogP contribution in [-0.2, 0) is 19.1 Å². The van der Waals surface area contributed by atoms with E-state index in [-0.39, 0.29) is 19.6 Å². The quantitative estimate of drug-likeness (QED) is 0.366. The smallest absolute Gasteiger partial charge is 0.326 e. The van der Waals surface area contributed by atoms with Gasteiger partial charge in [0.1, 0.15) is 18.2 Å². The summed E-state index contributed by atoms with van der Waals surface area (Å²) in [5.41, 5.74) is -1.79. The molecule has 0 radical (unpaired) electrons. The summed E-state index contributed by atoms with van der Waals surface area (Å²) in [5, 5.41) is 28.9. The zero-order valence-electron chi connectivity index (χ0n) is 21.1. The third-order valence-electron chi connectivity index (χ3n) is 7.49. The Morgan fingerprint density at radius 2 is 1.53 bits per heavy atom. The van der Waals surface area contributed by atoms with Gasteiger partial charge in [0, 0.05) is 11.5 Å². The third-order valence-corrected chi connectivity index (χ3v) is 7.49. The lowest BCUT2D eigenvalue weighted by molar-refractivity contribution is -0.187. The molecule has 1 fully saturated rings. The number of hydrogen-bond acceptors (Lipinski definition) is 8. The highest BCUT2D eigenvalue weighted by Crippen LogP contribution is 2.59. The Labute approximate surface area is 220 Å². The van der Waals surface area contributed by atoms with E-state index in [1.54, 1.807) is 44.3 Å². The van der Waals surface area contributed by atoms with E-state index < -0.39 is 34.9 Å². The Kier molecular flexibility index (Phi) is 6.34. The van der Waals surface area contributed by atoms with Crippen LogP contribution in [0.1, 0.15) is 48.9 Å². The predicted octanol–water partition coefficient (Wildman–Crippen LogP) is 4.62. The average molecular weight is 507 g/mol. The number of rotatable bonds is 5. The lowest BCUT2D eigenvalue weighted by atomic mass is 9.59. The summed E-state index contributed by atoms with van der Waals surface area (Å²) in [4.78, 5) is 27.9. The fourth-order valence-electron chi connectivity index (χ4n) is 5.78. The molecule has 5 rings (SSSR count). The van der Waals surface area contributed by atoms with Crippen LogP contribution in [0.4, 0.5) is 0 Å². The third kappa shape index (κ3) is 3.53. The Hall–Kier alpha value is -4.69. The molecular formula is C30H26N4O4. The summed E-state index contributed by atoms with van der Waals surface area (Å²) >= 11 is 0. The number of hydrazone groups is 1. The normalized spacial score (nSPS) is 20.4. The Morgan fingerprint density at radius 1 is 0.947 bits per heavy atom. The number of benzene rings is 3. The molecule has 1 saturated heterocycles. The number of nitrogens with zero attached hydrogens (tertiary/aromatic N) is 4. The number of piperidine rings is 1. The molecule has 3 aromatic carbocycles. The molecule has 0 saturated carbocycles. The van der Waals surface area contributed by atoms with Crippen LogP contribution in [0.15, 0.2) is 71.8 Å². The van der Waals surface area contributed by atoms with Gasteiger partial charge in [0.05, 0.1) is 19.4 Å². The lowest BCUT2D eigenvalue weighted by Gasteiger charge is -2.54. The number of esters is 2. The number of nitriles is 2. The first kappa shape index (κ1) is 25.0. The summed E-state index contributed by atoms with van der Waals surface area (Å²) in [5.74, 6) is -2.41. The zero-order valence-corrected chi connectivity index (χ0v) is 21.1. The molecule has 0 aliphatic carbocycles. The molecule has 2 heterocycles. The number of ether oxygens (including phenoxy) is 2. The van der Waals surface area contributed by atoms with Crippen LogP contribution in [0.2, 0.25) is 0 Å². The van der Waals surface area contributed by atoms with Crippen LogP contribution in [0.5, 0.6) is 0 Å². The van der Waals surface area contributed by atoms with Gasteiger partial charge < -0.3 is 9.47 Å². The molecule has 0 N–H and O–H groups in total. The molecule has 38 heavy (non-hydrogen) atoms. The molecule has 0 aromatic heterocycles. The summed E-state index contributed by atoms with van der Waals surface area (Å²) < 4.78 is 11.1. The lowest BCUT2D eigenvalue weighted by Crippen LogP contribution is -2.65. The number of fused-ring (bicyclic) bond motifs is 4. The largest absolute Gasteiger partial charge is 0.465 e. The van der Waals surface area contributed by atoms with Gasteiger partial charge in [-0.1, -0.05) is 54.6 Å². The van der Waals surface area contributed by atoms with Crippen LogP contribution in [-0.4, -0.2) is 41.9 Å². The SMILES string of the molecule is CCOC(=O)C1(C(=O)OCC)C[C@H](c2ccccc2)C(C#N)(C#N)N2N=Cc3cc4ccccc4cc3[C@H]21. The predicted molar refractivity (Wildman–Crippen MR) is 140 cm³/mol. The van der Waals surface area contributed by atoms with Gasteiger partial charge in [-0.25, -0.2) is 0 Å². The van der Waals surface area contributed by atoms with Crippen molar-refractivity contribution in [2.24, 2.45) is 10.5 Å². The van der Waals surface area contributed by atoms with E-state index in [9.17, 15) is 20.1 Å². The topological polar surface area (TPSA) is 116 Å². The Balaban J connectivity index is 1.86. The summed E-state index contributed by atoms with van der Waals surface area (Å²) in [6.45, 7) is 3.42. The van der Waals surface area contributed by atoms with E-state index in [1.807, 2.05) is 42.5 Å². The minimum Gasteiger partial charge on any atom is -0.465 e. The van der Waals surface area contributed by atoms with Gasteiger partial charge in [-0.2, -0.15) is 15.6 Å². The molecule has 8 nitrogen and oxygen atoms in total. The van der Waals surface area contributed by atoms with Crippen LogP contribution in [0, 0.1) is 28.1 Å². The number of hydrogen-bond donors (Lipinski definition) is 0. The first-order valence-electron chi connectivity index (χ1n) is 12.5. The standard InChI is InChI=1S/C30H26N4O4/c1-3-37-27(35)30(28(36)38-4-2)16-25(20-10-6-5-7-11-20)29(18-31,19-32)34-26(30)24-15-22-13-9-8-12-21(22)14-23(24)17-33-34/h5-15,17,25-26H,3-4,16H2,1-2H3/t25-,26+/m1/s1. The van der Waals surface area contributed by atoms with Gasteiger partial charge in [-0.15, -0.1) is 0 Å². The summed E-state index contributed by atoms with van der Waals surface area (Å²) in [7, 11) is 0. The maximum atomic E-state index is 14.0. The maximum Gasteiger partial charge on any atom is 0.326 e. The van der Waals surface area contributed by atoms with E-state index in [1.165, 1.54) is 5.01 Å². The van der Waals surface area contributed by atoms with Crippen molar-refractivity contribution in [3.8, 4) is 12.1 Å². The number of carbonyl (C=O) groups excluding carboxylic acids is 2. The van der Waals surface area contributed by atoms with Gasteiger partial charge in [0.2, 0.25) is 5.54 Å². The molecular weight excluding hydrogens is 480 g/mol. The monoisotopic (exact) mass is 506 g/mol. The molecule has 190 valence electrons. The molecule has 3 aromatic rings. The number of carbonyl (C=O) groups is 2. The van der Waals surface area contributed by atoms with E-state index in [0.717, 1.165) is 10.8 Å². The molecule has 2 atom stereocenters. The molecule has 8 heteroatoms. The first-order chi connectivity index (χ1) is 18.5. The minimum atomic E-state index is -1.89. The molecule has 2 aliphatic heterocycles. The second-order valence-electron chi connectivity index (χ2n) is 9.39. The van der Waals surface area contributed by atoms with Crippen molar-refractivity contribution in [2.45, 2.75) is 37.8 Å². The van der Waals surface area contributed by atoms with Crippen molar-refractivity contribution >= 4 is 28.9 Å². The van der Waals surface area contributed by atoms with E-state index >= 15 is 0 Å². The molecule has 0 amide bonds. The molecule has 2 aliphatic rings. The highest BCUT2D eigenvalue weighted by molar-refractivity contribution is 6.03.